The molecule has 1 atom stereocenters. The summed E-state index contributed by atoms with van der Waals surface area (Å²) in [5.74, 6) is 0.910. The zero-order chi connectivity index (χ0) is 24.9. The Morgan fingerprint density at radius 2 is 1.92 bits per heavy atom. The van der Waals surface area contributed by atoms with Crippen LogP contribution >= 0.6 is 0 Å². The number of hydrogen-bond acceptors (Lipinski definition) is 5. The van der Waals surface area contributed by atoms with E-state index in [0.29, 0.717) is 12.6 Å². The summed E-state index contributed by atoms with van der Waals surface area (Å²) in [6.07, 6.45) is 7.61. The molecular weight excluding hydrogens is 448 g/mol. The van der Waals surface area contributed by atoms with Crippen molar-refractivity contribution in [3.63, 3.8) is 0 Å². The Morgan fingerprint density at radius 1 is 1.11 bits per heavy atom. The van der Waals surface area contributed by atoms with Crippen molar-refractivity contribution in [2.45, 2.75) is 84.0 Å². The Bertz CT molecular complexity index is 1340. The lowest BCUT2D eigenvalue weighted by atomic mass is 10.0. The van der Waals surface area contributed by atoms with E-state index in [1.165, 1.54) is 18.4 Å². The molecule has 2 aromatic carbocycles. The van der Waals surface area contributed by atoms with Crippen LogP contribution in [0.2, 0.25) is 0 Å². The van der Waals surface area contributed by atoms with Gasteiger partial charge in [-0.3, -0.25) is 9.69 Å². The number of nitrogens with zero attached hydrogens (tertiary/aromatic N) is 5. The molecule has 0 radical (unpaired) electrons. The summed E-state index contributed by atoms with van der Waals surface area (Å²) in [6, 6.07) is 19.3. The molecule has 1 aliphatic carbocycles. The molecule has 1 N–H and O–H groups in total. The van der Waals surface area contributed by atoms with Crippen LogP contribution in [0.15, 0.2) is 59.4 Å². The van der Waals surface area contributed by atoms with Crippen LogP contribution < -0.4 is 5.56 Å². The average molecular weight is 485 g/mol. The summed E-state index contributed by atoms with van der Waals surface area (Å²) < 4.78 is 1.97. The fourth-order valence-electron chi connectivity index (χ4n) is 5.61. The number of nitrogens with one attached hydrogen (secondary N) is 1. The minimum absolute atomic E-state index is 0.00462. The first-order valence-electron chi connectivity index (χ1n) is 13.3. The summed E-state index contributed by atoms with van der Waals surface area (Å²) in [5.41, 5.74) is 4.12. The zero-order valence-electron chi connectivity index (χ0n) is 21.4. The minimum atomic E-state index is -0.00462. The molecule has 188 valence electrons. The van der Waals surface area contributed by atoms with Crippen molar-refractivity contribution in [3.8, 4) is 0 Å². The van der Waals surface area contributed by atoms with Gasteiger partial charge in [-0.05, 0) is 71.7 Å². The molecule has 1 fully saturated rings. The van der Waals surface area contributed by atoms with Gasteiger partial charge in [-0.15, -0.1) is 5.10 Å². The Hall–Kier alpha value is -3.32. The maximum absolute atomic E-state index is 13.2. The van der Waals surface area contributed by atoms with E-state index >= 15 is 0 Å². The van der Waals surface area contributed by atoms with Crippen LogP contribution in [0.25, 0.3) is 10.9 Å². The van der Waals surface area contributed by atoms with Crippen molar-refractivity contribution in [1.29, 1.82) is 0 Å². The van der Waals surface area contributed by atoms with E-state index in [9.17, 15) is 4.79 Å². The lowest BCUT2D eigenvalue weighted by Gasteiger charge is -2.35. The van der Waals surface area contributed by atoms with E-state index in [2.05, 4.69) is 74.8 Å². The number of benzene rings is 2. The van der Waals surface area contributed by atoms with Crippen molar-refractivity contribution >= 4 is 10.9 Å². The van der Waals surface area contributed by atoms with Crippen LogP contribution in [0.1, 0.15) is 74.0 Å². The Balaban J connectivity index is 1.47. The molecule has 5 rings (SSSR count). The third-order valence-electron chi connectivity index (χ3n) is 7.50. The van der Waals surface area contributed by atoms with Gasteiger partial charge in [0.05, 0.1) is 6.04 Å². The van der Waals surface area contributed by atoms with Crippen LogP contribution in [0, 0.1) is 6.92 Å². The van der Waals surface area contributed by atoms with Gasteiger partial charge < -0.3 is 4.98 Å². The summed E-state index contributed by atoms with van der Waals surface area (Å²) in [6.45, 7) is 5.59. The van der Waals surface area contributed by atoms with Crippen LogP contribution in [0.3, 0.4) is 0 Å². The second-order valence-electron chi connectivity index (χ2n) is 10.1. The monoisotopic (exact) mass is 484 g/mol. The number of aromatic amines is 1. The summed E-state index contributed by atoms with van der Waals surface area (Å²) in [5, 5.41) is 14.1. The van der Waals surface area contributed by atoms with Gasteiger partial charge in [-0.1, -0.05) is 68.7 Å². The SMILES string of the molecule is CCC[C@H](c1nnnn1CCc1ccccc1)N(Cc1cc2ccc(C)cc2[nH]c1=O)C1CCCC1. The van der Waals surface area contributed by atoms with Crippen LogP contribution in [0.5, 0.6) is 0 Å². The van der Waals surface area contributed by atoms with E-state index < -0.39 is 0 Å². The van der Waals surface area contributed by atoms with E-state index in [1.807, 2.05) is 23.7 Å². The van der Waals surface area contributed by atoms with Gasteiger partial charge in [-0.2, -0.15) is 0 Å². The van der Waals surface area contributed by atoms with E-state index in [-0.39, 0.29) is 11.6 Å². The van der Waals surface area contributed by atoms with Crippen LogP contribution in [-0.2, 0) is 19.5 Å². The molecule has 0 amide bonds. The van der Waals surface area contributed by atoms with Gasteiger partial charge in [0.1, 0.15) is 0 Å². The molecule has 0 aliphatic heterocycles. The Labute approximate surface area is 212 Å². The quantitative estimate of drug-likeness (QED) is 0.328. The van der Waals surface area contributed by atoms with Crippen LogP contribution in [0.4, 0.5) is 0 Å². The number of rotatable bonds is 10. The van der Waals surface area contributed by atoms with Crippen molar-refractivity contribution in [2.24, 2.45) is 0 Å². The highest BCUT2D eigenvalue weighted by Gasteiger charge is 2.33. The van der Waals surface area contributed by atoms with Gasteiger partial charge >= 0.3 is 0 Å². The van der Waals surface area contributed by atoms with Crippen molar-refractivity contribution < 1.29 is 0 Å². The maximum atomic E-state index is 13.2. The highest BCUT2D eigenvalue weighted by Crippen LogP contribution is 2.34. The maximum Gasteiger partial charge on any atom is 0.252 e. The van der Waals surface area contributed by atoms with Gasteiger partial charge in [-0.25, -0.2) is 4.68 Å². The third-order valence-corrected chi connectivity index (χ3v) is 7.50. The highest BCUT2D eigenvalue weighted by molar-refractivity contribution is 5.79. The Morgan fingerprint density at radius 3 is 2.69 bits per heavy atom. The zero-order valence-corrected chi connectivity index (χ0v) is 21.4. The largest absolute Gasteiger partial charge is 0.322 e. The molecule has 1 aliphatic rings. The lowest BCUT2D eigenvalue weighted by molar-refractivity contribution is 0.108. The molecule has 7 nitrogen and oxygen atoms in total. The smallest absolute Gasteiger partial charge is 0.252 e. The number of H-pyrrole nitrogens is 1. The van der Waals surface area contributed by atoms with Gasteiger partial charge in [0.15, 0.2) is 5.82 Å². The first-order chi connectivity index (χ1) is 17.6. The third kappa shape index (κ3) is 5.41. The number of hydrogen-bond donors (Lipinski definition) is 1. The van der Waals surface area contributed by atoms with E-state index in [0.717, 1.165) is 66.5 Å². The molecule has 0 spiro atoms. The number of fused-ring (bicyclic) bond motifs is 1. The summed E-state index contributed by atoms with van der Waals surface area (Å²) in [4.78, 5) is 18.8. The minimum Gasteiger partial charge on any atom is -0.322 e. The molecule has 7 heteroatoms. The first kappa shape index (κ1) is 24.4. The molecule has 0 saturated heterocycles. The molecular formula is C29H36N6O. The molecule has 36 heavy (non-hydrogen) atoms. The second kappa shape index (κ2) is 11.2. The second-order valence-corrected chi connectivity index (χ2v) is 10.1. The molecule has 0 unspecified atom stereocenters. The molecule has 4 aromatic rings. The average Bonchev–Trinajstić information content (AvgIpc) is 3.58. The number of pyridine rings is 1. The summed E-state index contributed by atoms with van der Waals surface area (Å²) in [7, 11) is 0. The molecule has 1 saturated carbocycles. The van der Waals surface area contributed by atoms with Gasteiger partial charge in [0, 0.05) is 30.2 Å². The number of aryl methyl sites for hydroxylation is 3. The number of tetrazole rings is 1. The first-order valence-corrected chi connectivity index (χ1v) is 13.3. The van der Waals surface area contributed by atoms with Gasteiger partial charge in [0.25, 0.3) is 5.56 Å². The molecule has 2 heterocycles. The highest BCUT2D eigenvalue weighted by atomic mass is 16.1. The molecule has 2 aromatic heterocycles. The van der Waals surface area contributed by atoms with Crippen LogP contribution in [-0.4, -0.2) is 36.1 Å². The van der Waals surface area contributed by atoms with Gasteiger partial charge in [0.2, 0.25) is 0 Å². The summed E-state index contributed by atoms with van der Waals surface area (Å²) >= 11 is 0. The molecule has 0 bridgehead atoms. The van der Waals surface area contributed by atoms with Crippen molar-refractivity contribution in [3.05, 3.63) is 87.5 Å². The van der Waals surface area contributed by atoms with Crippen molar-refractivity contribution in [2.75, 3.05) is 0 Å². The number of aromatic nitrogens is 5. The predicted molar refractivity (Wildman–Crippen MR) is 143 cm³/mol. The normalized spacial score (nSPS) is 15.2. The predicted octanol–water partition coefficient (Wildman–Crippen LogP) is 5.35. The topological polar surface area (TPSA) is 79.7 Å². The van der Waals surface area contributed by atoms with Crippen molar-refractivity contribution in [1.82, 2.24) is 30.1 Å². The Kier molecular flexibility index (Phi) is 7.56. The fourth-order valence-corrected chi connectivity index (χ4v) is 5.61. The fraction of sp³-hybridized carbons (Fsp3) is 0.448. The van der Waals surface area contributed by atoms with E-state index in [4.69, 9.17) is 0 Å². The standard InChI is InChI=1S/C29H36N6O/c1-3-9-27(28-31-32-33-35(28)17-16-22-10-5-4-6-11-22)34(25-12-7-8-13-25)20-24-19-23-15-14-21(2)18-26(23)30-29(24)36/h4-6,10-11,14-15,18-19,25,27H,3,7-9,12-13,16-17,20H2,1-2H3,(H,30,36)/t27-/m1/s1. The lowest BCUT2D eigenvalue weighted by Crippen LogP contribution is -2.39. The van der Waals surface area contributed by atoms with E-state index in [1.54, 1.807) is 0 Å².